The van der Waals surface area contributed by atoms with Crippen LogP contribution < -0.4 is 14.5 Å². The number of rotatable bonds is 5. The van der Waals surface area contributed by atoms with Gasteiger partial charge in [-0.2, -0.15) is 5.10 Å². The Morgan fingerprint density at radius 1 is 0.975 bits per heavy atom. The van der Waals surface area contributed by atoms with Crippen LogP contribution in [0.15, 0.2) is 48.8 Å². The smallest absolute Gasteiger partial charge is 0.255 e. The van der Waals surface area contributed by atoms with Crippen LogP contribution in [0, 0.1) is 5.41 Å². The van der Waals surface area contributed by atoms with E-state index in [4.69, 9.17) is 16.3 Å². The number of nitrogens with zero attached hydrogens (tertiary/aromatic N) is 5. The van der Waals surface area contributed by atoms with Crippen molar-refractivity contribution in [1.82, 2.24) is 20.0 Å². The molecule has 0 radical (unpaired) electrons. The average molecular weight is 563 g/mol. The van der Waals surface area contributed by atoms with E-state index in [-0.39, 0.29) is 11.8 Å². The van der Waals surface area contributed by atoms with Crippen molar-refractivity contribution in [3.8, 4) is 16.9 Å². The van der Waals surface area contributed by atoms with Crippen LogP contribution in [0.25, 0.3) is 11.1 Å². The highest BCUT2D eigenvalue weighted by Crippen LogP contribution is 2.44. The molecule has 1 N–H and O–H groups in total. The average Bonchev–Trinajstić information content (AvgIpc) is 3.62. The topological polar surface area (TPSA) is 85.0 Å². The number of anilines is 2. The van der Waals surface area contributed by atoms with Crippen molar-refractivity contribution in [3.05, 3.63) is 59.4 Å². The second kappa shape index (κ2) is 10.8. The number of amides is 2. The summed E-state index contributed by atoms with van der Waals surface area (Å²) >= 11 is 6.63. The van der Waals surface area contributed by atoms with Crippen LogP contribution in [-0.2, 0) is 4.79 Å². The fraction of sp³-hybridized carbons (Fsp3) is 0.433. The molecule has 0 aliphatic carbocycles. The van der Waals surface area contributed by atoms with E-state index in [1.807, 2.05) is 52.4 Å². The standard InChI is InChI=1S/C30H35ClN6O3/c1-34-13-15-35(16-14-34)22-3-6-25(26(31)17-22)28(38)36-10-7-30(8-11-36)9-12-37(29(30)39)23-4-5-24(27(18-23)40-2)21-19-32-33-20-21/h3-6,17-20H,7-16H2,1-2H3,(H,32,33). The first-order valence-corrected chi connectivity index (χ1v) is 14.3. The minimum atomic E-state index is -0.442. The first-order chi connectivity index (χ1) is 19.4. The lowest BCUT2D eigenvalue weighted by Gasteiger charge is -2.38. The number of benzene rings is 2. The minimum Gasteiger partial charge on any atom is -0.496 e. The molecule has 6 rings (SSSR count). The fourth-order valence-corrected chi connectivity index (χ4v) is 6.52. The first kappa shape index (κ1) is 26.7. The zero-order chi connectivity index (χ0) is 27.9. The van der Waals surface area contributed by atoms with Gasteiger partial charge in [-0.05, 0) is 56.6 Å². The van der Waals surface area contributed by atoms with Gasteiger partial charge in [-0.25, -0.2) is 0 Å². The van der Waals surface area contributed by atoms with E-state index >= 15 is 0 Å². The maximum Gasteiger partial charge on any atom is 0.255 e. The number of piperidine rings is 1. The lowest BCUT2D eigenvalue weighted by Crippen LogP contribution is -2.46. The summed E-state index contributed by atoms with van der Waals surface area (Å²) in [5.74, 6) is 0.766. The van der Waals surface area contributed by atoms with E-state index in [0.29, 0.717) is 48.8 Å². The van der Waals surface area contributed by atoms with Gasteiger partial charge in [0.25, 0.3) is 5.91 Å². The Morgan fingerprint density at radius 2 is 1.70 bits per heavy atom. The van der Waals surface area contributed by atoms with Gasteiger partial charge in [0.05, 0.1) is 29.3 Å². The number of nitrogens with one attached hydrogen (secondary N) is 1. The van der Waals surface area contributed by atoms with Gasteiger partial charge < -0.3 is 24.3 Å². The zero-order valence-corrected chi connectivity index (χ0v) is 23.8. The van der Waals surface area contributed by atoms with Gasteiger partial charge in [0.1, 0.15) is 5.75 Å². The molecule has 4 heterocycles. The number of aromatic nitrogens is 2. The Morgan fingerprint density at radius 3 is 2.38 bits per heavy atom. The molecule has 0 bridgehead atoms. The molecule has 1 spiro atoms. The summed E-state index contributed by atoms with van der Waals surface area (Å²) in [5.41, 5.74) is 3.82. The number of hydrogen-bond donors (Lipinski definition) is 1. The molecular formula is C30H35ClN6O3. The molecule has 2 amide bonds. The van der Waals surface area contributed by atoms with E-state index in [1.54, 1.807) is 13.3 Å². The molecule has 3 aromatic rings. The lowest BCUT2D eigenvalue weighted by atomic mass is 9.77. The van der Waals surface area contributed by atoms with Crippen LogP contribution in [0.3, 0.4) is 0 Å². The normalized spacial score (nSPS) is 19.5. The van der Waals surface area contributed by atoms with Gasteiger partial charge in [-0.3, -0.25) is 14.7 Å². The van der Waals surface area contributed by atoms with E-state index < -0.39 is 5.41 Å². The molecule has 3 aliphatic rings. The lowest BCUT2D eigenvalue weighted by molar-refractivity contribution is -0.127. The number of carbonyl (C=O) groups excluding carboxylic acids is 2. The number of aromatic amines is 1. The molecule has 3 fully saturated rings. The Kier molecular flexibility index (Phi) is 7.18. The molecule has 1 aromatic heterocycles. The number of H-pyrrole nitrogens is 1. The second-order valence-corrected chi connectivity index (χ2v) is 11.5. The van der Waals surface area contributed by atoms with E-state index in [1.165, 1.54) is 0 Å². The molecule has 3 aliphatic heterocycles. The molecular weight excluding hydrogens is 528 g/mol. The summed E-state index contributed by atoms with van der Waals surface area (Å²) in [6, 6.07) is 11.6. The zero-order valence-electron chi connectivity index (χ0n) is 23.0. The van der Waals surface area contributed by atoms with Crippen molar-refractivity contribution < 1.29 is 14.3 Å². The number of piperazine rings is 1. The van der Waals surface area contributed by atoms with Gasteiger partial charge in [0.15, 0.2) is 0 Å². The van der Waals surface area contributed by atoms with Gasteiger partial charge in [-0.15, -0.1) is 0 Å². The van der Waals surface area contributed by atoms with Crippen molar-refractivity contribution in [2.45, 2.75) is 19.3 Å². The fourth-order valence-electron chi connectivity index (χ4n) is 6.26. The predicted molar refractivity (Wildman–Crippen MR) is 156 cm³/mol. The third-order valence-corrected chi connectivity index (χ3v) is 9.19. The highest BCUT2D eigenvalue weighted by atomic mass is 35.5. The number of halogens is 1. The molecule has 40 heavy (non-hydrogen) atoms. The first-order valence-electron chi connectivity index (χ1n) is 13.9. The molecule has 0 atom stereocenters. The van der Waals surface area contributed by atoms with Crippen LogP contribution in [-0.4, -0.2) is 91.8 Å². The molecule has 10 heteroatoms. The third kappa shape index (κ3) is 4.81. The van der Waals surface area contributed by atoms with Crippen molar-refractivity contribution in [2.24, 2.45) is 5.41 Å². The maximum atomic E-state index is 13.7. The molecule has 0 unspecified atom stereocenters. The van der Waals surface area contributed by atoms with Crippen LogP contribution in [0.5, 0.6) is 5.75 Å². The summed E-state index contributed by atoms with van der Waals surface area (Å²) in [4.78, 5) is 35.5. The summed E-state index contributed by atoms with van der Waals surface area (Å²) in [6.07, 6.45) is 5.64. The number of carbonyl (C=O) groups is 2. The number of ether oxygens (including phenoxy) is 1. The Hall–Kier alpha value is -3.56. The Bertz CT molecular complexity index is 1390. The Labute approximate surface area is 239 Å². The van der Waals surface area contributed by atoms with Crippen LogP contribution >= 0.6 is 11.6 Å². The number of likely N-dealkylation sites (tertiary alicyclic amines) is 1. The quantitative estimate of drug-likeness (QED) is 0.503. The molecule has 9 nitrogen and oxygen atoms in total. The van der Waals surface area contributed by atoms with Crippen LogP contribution in [0.2, 0.25) is 5.02 Å². The minimum absolute atomic E-state index is 0.0633. The maximum absolute atomic E-state index is 13.7. The van der Waals surface area contributed by atoms with E-state index in [0.717, 1.165) is 55.1 Å². The Balaban J connectivity index is 1.11. The van der Waals surface area contributed by atoms with Gasteiger partial charge in [0.2, 0.25) is 5.91 Å². The van der Waals surface area contributed by atoms with E-state index in [9.17, 15) is 9.59 Å². The van der Waals surface area contributed by atoms with Gasteiger partial charge >= 0.3 is 0 Å². The predicted octanol–water partition coefficient (Wildman–Crippen LogP) is 4.15. The largest absolute Gasteiger partial charge is 0.496 e. The number of hydrogen-bond acceptors (Lipinski definition) is 6. The van der Waals surface area contributed by atoms with Crippen molar-refractivity contribution >= 4 is 34.8 Å². The van der Waals surface area contributed by atoms with Crippen molar-refractivity contribution in [3.63, 3.8) is 0 Å². The SMILES string of the molecule is COc1cc(N2CCC3(CCN(C(=O)c4ccc(N5CCN(C)CC5)cc4Cl)CC3)C2=O)ccc1-c1cn[nH]c1. The van der Waals surface area contributed by atoms with E-state index in [2.05, 4.69) is 27.0 Å². The highest BCUT2D eigenvalue weighted by molar-refractivity contribution is 6.34. The second-order valence-electron chi connectivity index (χ2n) is 11.1. The summed E-state index contributed by atoms with van der Waals surface area (Å²) in [7, 11) is 3.76. The molecule has 3 saturated heterocycles. The summed E-state index contributed by atoms with van der Waals surface area (Å²) in [5, 5.41) is 7.34. The van der Waals surface area contributed by atoms with Gasteiger partial charge in [0, 0.05) is 80.6 Å². The monoisotopic (exact) mass is 562 g/mol. The third-order valence-electron chi connectivity index (χ3n) is 8.88. The molecule has 210 valence electrons. The summed E-state index contributed by atoms with van der Waals surface area (Å²) in [6.45, 7) is 5.64. The summed E-state index contributed by atoms with van der Waals surface area (Å²) < 4.78 is 5.64. The van der Waals surface area contributed by atoms with Crippen LogP contribution in [0.1, 0.15) is 29.6 Å². The number of likely N-dealkylation sites (N-methyl/N-ethyl adjacent to an activating group) is 1. The van der Waals surface area contributed by atoms with Crippen molar-refractivity contribution in [1.29, 1.82) is 0 Å². The van der Waals surface area contributed by atoms with Crippen LogP contribution in [0.4, 0.5) is 11.4 Å². The number of methoxy groups -OCH3 is 1. The highest BCUT2D eigenvalue weighted by Gasteiger charge is 2.49. The van der Waals surface area contributed by atoms with Gasteiger partial charge in [-0.1, -0.05) is 11.6 Å². The molecule has 2 aromatic carbocycles. The van der Waals surface area contributed by atoms with Crippen molar-refractivity contribution in [2.75, 3.05) is 69.8 Å². The molecule has 0 saturated carbocycles.